The molecule has 0 aliphatic rings. The Kier molecular flexibility index (Phi) is 6.79. The number of unbranched alkanes of at least 4 members (excludes halogenated alkanes) is 1. The second-order valence-corrected chi connectivity index (χ2v) is 8.78. The summed E-state index contributed by atoms with van der Waals surface area (Å²) < 4.78 is 11.7. The first-order chi connectivity index (χ1) is 15.4. The maximum absolute atomic E-state index is 12.6. The number of hydrogen-bond donors (Lipinski definition) is 1. The van der Waals surface area contributed by atoms with Crippen LogP contribution in [0.25, 0.3) is 21.5 Å². The van der Waals surface area contributed by atoms with Gasteiger partial charge < -0.3 is 9.15 Å². The number of nitrogens with zero attached hydrogens (tertiary/aromatic N) is 1. The molecule has 2 aromatic carbocycles. The summed E-state index contributed by atoms with van der Waals surface area (Å²) in [5.74, 6) is -0.186. The molecular weight excluding hydrogens is 471 g/mol. The molecule has 0 fully saturated rings. The fraction of sp³-hybridized carbons (Fsp3) is 0.174. The van der Waals surface area contributed by atoms with Gasteiger partial charge >= 0.3 is 5.97 Å². The van der Waals surface area contributed by atoms with Crippen molar-refractivity contribution in [3.63, 3.8) is 0 Å². The van der Waals surface area contributed by atoms with Crippen molar-refractivity contribution in [2.75, 3.05) is 11.9 Å². The smallest absolute Gasteiger partial charge is 0.338 e. The van der Waals surface area contributed by atoms with E-state index in [1.54, 1.807) is 48.5 Å². The maximum Gasteiger partial charge on any atom is 0.338 e. The van der Waals surface area contributed by atoms with Gasteiger partial charge in [0.1, 0.15) is 5.76 Å². The van der Waals surface area contributed by atoms with E-state index in [4.69, 9.17) is 32.4 Å². The first-order valence-corrected chi connectivity index (χ1v) is 11.5. The van der Waals surface area contributed by atoms with Gasteiger partial charge in [-0.05, 0) is 55.0 Å². The summed E-state index contributed by atoms with van der Waals surface area (Å²) in [6.45, 7) is 2.43. The van der Waals surface area contributed by atoms with Crippen LogP contribution in [0, 0.1) is 0 Å². The summed E-state index contributed by atoms with van der Waals surface area (Å²) in [7, 11) is 0. The number of benzene rings is 2. The maximum atomic E-state index is 12.6. The molecule has 2 heterocycles. The highest BCUT2D eigenvalue weighted by molar-refractivity contribution is 7.22. The van der Waals surface area contributed by atoms with E-state index in [1.165, 1.54) is 11.3 Å². The lowest BCUT2D eigenvalue weighted by Gasteiger charge is -2.03. The Morgan fingerprint density at radius 3 is 2.72 bits per heavy atom. The van der Waals surface area contributed by atoms with Crippen molar-refractivity contribution in [1.82, 2.24) is 4.98 Å². The number of fused-ring (bicyclic) bond motifs is 1. The molecule has 0 aliphatic heterocycles. The van der Waals surface area contributed by atoms with Crippen LogP contribution in [0.1, 0.15) is 40.7 Å². The van der Waals surface area contributed by atoms with Crippen molar-refractivity contribution in [2.45, 2.75) is 19.8 Å². The number of nitrogens with one attached hydrogen (secondary N) is 1. The zero-order valence-electron chi connectivity index (χ0n) is 17.0. The van der Waals surface area contributed by atoms with E-state index >= 15 is 0 Å². The molecule has 2 aromatic heterocycles. The van der Waals surface area contributed by atoms with Crippen molar-refractivity contribution >= 4 is 61.8 Å². The summed E-state index contributed by atoms with van der Waals surface area (Å²) in [5, 5.41) is 3.97. The summed E-state index contributed by atoms with van der Waals surface area (Å²) >= 11 is 13.3. The standard InChI is InChI=1S/C23H18Cl2N2O4S/c1-2-3-10-30-22(29)14-5-7-17-20(12-14)32-23(26-17)27-21(28)19-9-8-18(31-19)13-4-6-15(24)16(25)11-13/h4-9,11-12H,2-3,10H2,1H3,(H,26,27,28). The minimum Gasteiger partial charge on any atom is -0.462 e. The Balaban J connectivity index is 1.47. The Hall–Kier alpha value is -2.87. The molecule has 4 rings (SSSR count). The number of anilines is 1. The van der Waals surface area contributed by atoms with Crippen LogP contribution in [0.3, 0.4) is 0 Å². The molecule has 6 nitrogen and oxygen atoms in total. The molecule has 0 saturated carbocycles. The first kappa shape index (κ1) is 22.3. The predicted octanol–water partition coefficient (Wildman–Crippen LogP) is 7.07. The zero-order valence-corrected chi connectivity index (χ0v) is 19.3. The van der Waals surface area contributed by atoms with Gasteiger partial charge in [0.05, 0.1) is 32.4 Å². The average molecular weight is 489 g/mol. The number of rotatable bonds is 7. The highest BCUT2D eigenvalue weighted by Crippen LogP contribution is 2.31. The Morgan fingerprint density at radius 2 is 1.94 bits per heavy atom. The van der Waals surface area contributed by atoms with Crippen LogP contribution < -0.4 is 5.32 Å². The third-order valence-corrected chi connectivity index (χ3v) is 6.28. The lowest BCUT2D eigenvalue weighted by Crippen LogP contribution is -2.10. The number of ether oxygens (including phenoxy) is 1. The molecule has 9 heteroatoms. The minimum atomic E-state index is -0.436. The van der Waals surface area contributed by atoms with Crippen LogP contribution in [-0.2, 0) is 4.74 Å². The van der Waals surface area contributed by atoms with E-state index in [0.29, 0.717) is 44.2 Å². The molecule has 0 saturated heterocycles. The summed E-state index contributed by atoms with van der Waals surface area (Å²) in [6.07, 6.45) is 1.78. The van der Waals surface area contributed by atoms with E-state index in [0.717, 1.165) is 17.5 Å². The Bertz CT molecular complexity index is 1300. The molecule has 4 aromatic rings. The topological polar surface area (TPSA) is 81.4 Å². The minimum absolute atomic E-state index is 0.130. The molecule has 1 N–H and O–H groups in total. The molecule has 164 valence electrons. The van der Waals surface area contributed by atoms with Gasteiger partial charge in [-0.15, -0.1) is 0 Å². The van der Waals surface area contributed by atoms with Gasteiger partial charge in [-0.1, -0.05) is 47.9 Å². The first-order valence-electron chi connectivity index (χ1n) is 9.89. The monoisotopic (exact) mass is 488 g/mol. The van der Waals surface area contributed by atoms with E-state index in [-0.39, 0.29) is 11.7 Å². The summed E-state index contributed by atoms with van der Waals surface area (Å²) in [5.41, 5.74) is 1.83. The summed E-state index contributed by atoms with van der Waals surface area (Å²) in [6, 6.07) is 13.5. The van der Waals surface area contributed by atoms with Gasteiger partial charge in [0, 0.05) is 5.56 Å². The predicted molar refractivity (Wildman–Crippen MR) is 127 cm³/mol. The molecular formula is C23H18Cl2N2O4S. The van der Waals surface area contributed by atoms with Crippen molar-refractivity contribution in [3.8, 4) is 11.3 Å². The van der Waals surface area contributed by atoms with Crippen molar-refractivity contribution in [3.05, 3.63) is 69.9 Å². The van der Waals surface area contributed by atoms with Gasteiger partial charge in [0.15, 0.2) is 10.9 Å². The number of furan rings is 1. The van der Waals surface area contributed by atoms with E-state index in [1.807, 2.05) is 6.92 Å². The SMILES string of the molecule is CCCCOC(=O)c1ccc2nc(NC(=O)c3ccc(-c4ccc(Cl)c(Cl)c4)o3)sc2c1. The van der Waals surface area contributed by atoms with Gasteiger partial charge in [0.2, 0.25) is 0 Å². The van der Waals surface area contributed by atoms with Gasteiger partial charge in [-0.2, -0.15) is 0 Å². The number of carbonyl (C=O) groups excluding carboxylic acids is 2. The third kappa shape index (κ3) is 4.96. The Labute approximate surface area is 198 Å². The lowest BCUT2D eigenvalue weighted by molar-refractivity contribution is 0.0500. The van der Waals surface area contributed by atoms with E-state index < -0.39 is 5.91 Å². The number of hydrogen-bond acceptors (Lipinski definition) is 6. The molecule has 0 aliphatic carbocycles. The van der Waals surface area contributed by atoms with Crippen LogP contribution >= 0.6 is 34.5 Å². The number of halogens is 2. The molecule has 0 bridgehead atoms. The molecule has 0 unspecified atom stereocenters. The molecule has 32 heavy (non-hydrogen) atoms. The second-order valence-electron chi connectivity index (χ2n) is 6.94. The van der Waals surface area contributed by atoms with Gasteiger partial charge in [0.25, 0.3) is 5.91 Å². The zero-order chi connectivity index (χ0) is 22.7. The highest BCUT2D eigenvalue weighted by Gasteiger charge is 2.16. The van der Waals surface area contributed by atoms with Crippen LogP contribution in [0.2, 0.25) is 10.0 Å². The molecule has 1 amide bonds. The number of thiazole rings is 1. The van der Waals surface area contributed by atoms with Gasteiger partial charge in [-0.3, -0.25) is 10.1 Å². The van der Waals surface area contributed by atoms with Gasteiger partial charge in [-0.25, -0.2) is 9.78 Å². The fourth-order valence-electron chi connectivity index (χ4n) is 2.92. The number of esters is 1. The van der Waals surface area contributed by atoms with E-state index in [2.05, 4.69) is 10.3 Å². The van der Waals surface area contributed by atoms with Crippen LogP contribution in [0.5, 0.6) is 0 Å². The van der Waals surface area contributed by atoms with E-state index in [9.17, 15) is 9.59 Å². The third-order valence-electron chi connectivity index (χ3n) is 4.61. The lowest BCUT2D eigenvalue weighted by atomic mass is 10.2. The molecule has 0 radical (unpaired) electrons. The van der Waals surface area contributed by atoms with Crippen LogP contribution in [0.15, 0.2) is 52.9 Å². The largest absolute Gasteiger partial charge is 0.462 e. The molecule has 0 atom stereocenters. The normalized spacial score (nSPS) is 11.0. The number of amides is 1. The number of carbonyl (C=O) groups is 2. The summed E-state index contributed by atoms with van der Waals surface area (Å²) in [4.78, 5) is 29.2. The Morgan fingerprint density at radius 1 is 1.09 bits per heavy atom. The number of aromatic nitrogens is 1. The quantitative estimate of drug-likeness (QED) is 0.222. The highest BCUT2D eigenvalue weighted by atomic mass is 35.5. The van der Waals surface area contributed by atoms with Crippen molar-refractivity contribution in [1.29, 1.82) is 0 Å². The van der Waals surface area contributed by atoms with Crippen molar-refractivity contribution < 1.29 is 18.7 Å². The van der Waals surface area contributed by atoms with Crippen LogP contribution in [0.4, 0.5) is 5.13 Å². The average Bonchev–Trinajstić information content (AvgIpc) is 3.42. The molecule has 0 spiro atoms. The second kappa shape index (κ2) is 9.73. The fourth-order valence-corrected chi connectivity index (χ4v) is 4.12. The van der Waals surface area contributed by atoms with Crippen molar-refractivity contribution in [2.24, 2.45) is 0 Å². The van der Waals surface area contributed by atoms with Crippen LogP contribution in [-0.4, -0.2) is 23.5 Å².